The monoisotopic (exact) mass is 747 g/mol. The SMILES string of the molecule is CC(CCC(=O)NC=O)c1ccc(CCC2CCN(C3CCN(c4ccc(Nc5ncc6cc(C(=O)N(C)C)n(C7CCCC7)c6n5)nc4)CC3)CC2)cc1. The number of imide groups is 1. The van der Waals surface area contributed by atoms with Crippen LogP contribution in [0.4, 0.5) is 17.5 Å². The van der Waals surface area contributed by atoms with Gasteiger partial charge in [0.25, 0.3) is 5.91 Å². The number of amides is 3. The fourth-order valence-corrected chi connectivity index (χ4v) is 8.89. The number of hydrogen-bond acceptors (Lipinski definition) is 9. The van der Waals surface area contributed by atoms with Gasteiger partial charge in [-0.1, -0.05) is 44.0 Å². The number of carbonyl (C=O) groups is 3. The Morgan fingerprint density at radius 2 is 1.65 bits per heavy atom. The number of piperidine rings is 2. The summed E-state index contributed by atoms with van der Waals surface area (Å²) in [7, 11) is 3.58. The first-order chi connectivity index (χ1) is 26.7. The highest BCUT2D eigenvalue weighted by Gasteiger charge is 2.29. The van der Waals surface area contributed by atoms with E-state index in [1.54, 1.807) is 25.2 Å². The minimum atomic E-state index is -0.216. The molecule has 1 aliphatic carbocycles. The van der Waals surface area contributed by atoms with Crippen LogP contribution < -0.4 is 15.5 Å². The quantitative estimate of drug-likeness (QED) is 0.133. The summed E-state index contributed by atoms with van der Waals surface area (Å²) in [5.74, 6) is 2.01. The Labute approximate surface area is 325 Å². The molecule has 12 heteroatoms. The lowest BCUT2D eigenvalue weighted by molar-refractivity contribution is -0.125. The van der Waals surface area contributed by atoms with Crippen LogP contribution >= 0.6 is 0 Å². The first kappa shape index (κ1) is 38.4. The lowest BCUT2D eigenvalue weighted by Gasteiger charge is -2.42. The summed E-state index contributed by atoms with van der Waals surface area (Å²) in [6.45, 7) is 6.59. The molecule has 1 unspecified atom stereocenters. The Balaban J connectivity index is 0.854. The molecule has 5 heterocycles. The maximum absolute atomic E-state index is 13.1. The molecule has 3 aromatic heterocycles. The van der Waals surface area contributed by atoms with Gasteiger partial charge in [-0.15, -0.1) is 0 Å². The zero-order valence-corrected chi connectivity index (χ0v) is 32.8. The molecule has 3 amide bonds. The van der Waals surface area contributed by atoms with Crippen molar-refractivity contribution in [3.05, 3.63) is 71.7 Å². The fourth-order valence-electron chi connectivity index (χ4n) is 8.89. The fraction of sp³-hybridized carbons (Fsp3) is 0.535. The van der Waals surface area contributed by atoms with Crippen molar-refractivity contribution in [2.45, 2.75) is 102 Å². The average Bonchev–Trinajstić information content (AvgIpc) is 3.88. The van der Waals surface area contributed by atoms with Crippen molar-refractivity contribution < 1.29 is 14.4 Å². The predicted octanol–water partition coefficient (Wildman–Crippen LogP) is 6.86. The maximum atomic E-state index is 13.1. The summed E-state index contributed by atoms with van der Waals surface area (Å²) in [5.41, 5.74) is 5.24. The van der Waals surface area contributed by atoms with Gasteiger partial charge < -0.3 is 24.6 Å². The van der Waals surface area contributed by atoms with Crippen LogP contribution in [0.25, 0.3) is 11.0 Å². The molecule has 55 heavy (non-hydrogen) atoms. The van der Waals surface area contributed by atoms with Gasteiger partial charge in [-0.2, -0.15) is 4.98 Å². The van der Waals surface area contributed by atoms with E-state index in [4.69, 9.17) is 9.97 Å². The summed E-state index contributed by atoms with van der Waals surface area (Å²) < 4.78 is 2.14. The van der Waals surface area contributed by atoms with Crippen molar-refractivity contribution in [1.29, 1.82) is 0 Å². The highest BCUT2D eigenvalue weighted by molar-refractivity contribution is 5.98. The average molecular weight is 748 g/mol. The molecule has 7 rings (SSSR count). The third-order valence-corrected chi connectivity index (χ3v) is 12.3. The molecule has 4 aromatic rings. The number of hydrogen-bond donors (Lipinski definition) is 2. The Bertz CT molecular complexity index is 1900. The third kappa shape index (κ3) is 9.35. The Kier molecular flexibility index (Phi) is 12.4. The Hall–Kier alpha value is -4.84. The van der Waals surface area contributed by atoms with Crippen molar-refractivity contribution in [3.63, 3.8) is 0 Å². The molecule has 2 aliphatic heterocycles. The molecule has 3 fully saturated rings. The molecule has 0 radical (unpaired) electrons. The highest BCUT2D eigenvalue weighted by Crippen LogP contribution is 2.35. The first-order valence-electron chi connectivity index (χ1n) is 20.4. The largest absolute Gasteiger partial charge is 0.370 e. The van der Waals surface area contributed by atoms with Crippen molar-refractivity contribution in [1.82, 2.24) is 34.6 Å². The topological polar surface area (TPSA) is 129 Å². The number of nitrogens with one attached hydrogen (secondary N) is 2. The smallest absolute Gasteiger partial charge is 0.270 e. The normalized spacial score (nSPS) is 18.1. The Morgan fingerprint density at radius 1 is 0.909 bits per heavy atom. The van der Waals surface area contributed by atoms with E-state index < -0.39 is 0 Å². The second-order valence-electron chi connectivity index (χ2n) is 16.1. The minimum Gasteiger partial charge on any atom is -0.370 e. The predicted molar refractivity (Wildman–Crippen MR) is 217 cm³/mol. The molecule has 3 aliphatic rings. The molecular formula is C43H57N9O3. The van der Waals surface area contributed by atoms with Crippen molar-refractivity contribution in [3.8, 4) is 0 Å². The van der Waals surface area contributed by atoms with Gasteiger partial charge in [0.1, 0.15) is 17.2 Å². The van der Waals surface area contributed by atoms with E-state index in [0.29, 0.717) is 36.3 Å². The third-order valence-electron chi connectivity index (χ3n) is 12.3. The van der Waals surface area contributed by atoms with Crippen molar-refractivity contribution in [2.75, 3.05) is 50.5 Å². The van der Waals surface area contributed by atoms with Gasteiger partial charge in [-0.25, -0.2) is 9.97 Å². The number of rotatable bonds is 14. The van der Waals surface area contributed by atoms with Crippen LogP contribution in [0.15, 0.2) is 54.9 Å². The molecular weight excluding hydrogens is 691 g/mol. The number of fused-ring (bicyclic) bond motifs is 1. The standard InChI is InChI=1S/C43H57N9O3/c1-30(8-17-40(54)46-29-53)33-13-11-31(12-14-33)9-10-32-18-22-50(23-19-32)35-20-24-51(25-21-35)37-15-16-39(44-28-37)47-43-45-27-34-26-38(42(55)49(2)3)52(41(34)48-43)36-6-4-5-7-36/h11-16,26-30,32,35-36H,4-10,17-25H2,1-3H3,(H,46,53,54)(H,44,45,47,48). The zero-order chi connectivity index (χ0) is 38.3. The van der Waals surface area contributed by atoms with Gasteiger partial charge in [0, 0.05) is 57.3 Å². The summed E-state index contributed by atoms with van der Waals surface area (Å²) in [6, 6.07) is 15.9. The number of pyridine rings is 1. The van der Waals surface area contributed by atoms with Crippen LogP contribution in [0.2, 0.25) is 0 Å². The van der Waals surface area contributed by atoms with Crippen molar-refractivity contribution >= 4 is 46.7 Å². The van der Waals surface area contributed by atoms with E-state index in [1.165, 1.54) is 69.2 Å². The summed E-state index contributed by atoms with van der Waals surface area (Å²) >= 11 is 0. The molecule has 2 N–H and O–H groups in total. The van der Waals surface area contributed by atoms with Gasteiger partial charge in [0.2, 0.25) is 18.3 Å². The van der Waals surface area contributed by atoms with Crippen LogP contribution in [0.3, 0.4) is 0 Å². The van der Waals surface area contributed by atoms with Gasteiger partial charge in [0.15, 0.2) is 0 Å². The highest BCUT2D eigenvalue weighted by atomic mass is 16.2. The van der Waals surface area contributed by atoms with Gasteiger partial charge >= 0.3 is 0 Å². The number of nitrogens with zero attached hydrogens (tertiary/aromatic N) is 7. The maximum Gasteiger partial charge on any atom is 0.270 e. The molecule has 1 atom stereocenters. The number of aryl methyl sites for hydroxylation is 1. The number of likely N-dealkylation sites (tertiary alicyclic amines) is 1. The van der Waals surface area contributed by atoms with Crippen molar-refractivity contribution in [2.24, 2.45) is 5.92 Å². The Morgan fingerprint density at radius 3 is 2.33 bits per heavy atom. The van der Waals surface area contributed by atoms with Crippen LogP contribution in [-0.2, 0) is 16.0 Å². The molecule has 1 aromatic carbocycles. The molecule has 0 spiro atoms. The molecule has 0 bridgehead atoms. The summed E-state index contributed by atoms with van der Waals surface area (Å²) in [4.78, 5) is 56.2. The van der Waals surface area contributed by atoms with E-state index in [1.807, 2.05) is 18.3 Å². The second kappa shape index (κ2) is 17.7. The van der Waals surface area contributed by atoms with Crippen LogP contribution in [0, 0.1) is 5.92 Å². The molecule has 1 saturated carbocycles. The number of anilines is 3. The van der Waals surface area contributed by atoms with E-state index in [-0.39, 0.29) is 23.8 Å². The van der Waals surface area contributed by atoms with E-state index in [0.717, 1.165) is 61.4 Å². The summed E-state index contributed by atoms with van der Waals surface area (Å²) in [6.07, 6.45) is 17.0. The first-order valence-corrected chi connectivity index (χ1v) is 20.4. The number of carbonyl (C=O) groups excluding carboxylic acids is 3. The second-order valence-corrected chi connectivity index (χ2v) is 16.1. The lowest BCUT2D eigenvalue weighted by atomic mass is 9.88. The molecule has 292 valence electrons. The van der Waals surface area contributed by atoms with Crippen LogP contribution in [0.5, 0.6) is 0 Å². The molecule has 2 saturated heterocycles. The number of aromatic nitrogens is 4. The van der Waals surface area contributed by atoms with Gasteiger partial charge in [-0.05, 0) is 112 Å². The van der Waals surface area contributed by atoms with Crippen LogP contribution in [-0.4, -0.2) is 93.9 Å². The summed E-state index contributed by atoms with van der Waals surface area (Å²) in [5, 5.41) is 6.41. The lowest BCUT2D eigenvalue weighted by Crippen LogP contribution is -2.47. The van der Waals surface area contributed by atoms with E-state index >= 15 is 0 Å². The molecule has 12 nitrogen and oxygen atoms in total. The van der Waals surface area contributed by atoms with E-state index in [9.17, 15) is 14.4 Å². The van der Waals surface area contributed by atoms with Crippen LogP contribution in [0.1, 0.15) is 111 Å². The minimum absolute atomic E-state index is 0.0116. The van der Waals surface area contributed by atoms with Gasteiger partial charge in [-0.3, -0.25) is 19.7 Å². The van der Waals surface area contributed by atoms with E-state index in [2.05, 4.69) is 67.2 Å². The van der Waals surface area contributed by atoms with Gasteiger partial charge in [0.05, 0.1) is 11.9 Å². The zero-order valence-electron chi connectivity index (χ0n) is 32.8. The number of benzene rings is 1.